The van der Waals surface area contributed by atoms with Crippen LogP contribution in [0.3, 0.4) is 0 Å². The average molecular weight is 271 g/mol. The van der Waals surface area contributed by atoms with E-state index >= 15 is 0 Å². The molecule has 21 heavy (non-hydrogen) atoms. The van der Waals surface area contributed by atoms with Crippen LogP contribution in [-0.4, -0.2) is 4.98 Å². The van der Waals surface area contributed by atoms with Gasteiger partial charge >= 0.3 is 0 Å². The van der Waals surface area contributed by atoms with Gasteiger partial charge < -0.3 is 4.98 Å². The van der Waals surface area contributed by atoms with Crippen LogP contribution in [0, 0.1) is 0 Å². The first-order chi connectivity index (χ1) is 10.3. The lowest BCUT2D eigenvalue weighted by molar-refractivity contribution is 1.13. The van der Waals surface area contributed by atoms with E-state index in [4.69, 9.17) is 0 Å². The van der Waals surface area contributed by atoms with E-state index in [-0.39, 0.29) is 0 Å². The number of nitrogens with one attached hydrogen (secondary N) is 1. The summed E-state index contributed by atoms with van der Waals surface area (Å²) in [5.41, 5.74) is 6.35. The quantitative estimate of drug-likeness (QED) is 0.586. The minimum Gasteiger partial charge on any atom is -0.355 e. The van der Waals surface area contributed by atoms with Crippen molar-refractivity contribution in [2.24, 2.45) is 0 Å². The first-order valence-electron chi connectivity index (χ1n) is 7.34. The molecule has 0 fully saturated rings. The van der Waals surface area contributed by atoms with Crippen molar-refractivity contribution < 1.29 is 0 Å². The van der Waals surface area contributed by atoms with E-state index in [0.29, 0.717) is 0 Å². The Hall–Kier alpha value is -2.54. The third-order valence-electron chi connectivity index (χ3n) is 4.16. The van der Waals surface area contributed by atoms with Crippen LogP contribution in [0.2, 0.25) is 0 Å². The summed E-state index contributed by atoms with van der Waals surface area (Å²) in [5, 5.41) is 2.61. The lowest BCUT2D eigenvalue weighted by Crippen LogP contribution is -1.94. The van der Waals surface area contributed by atoms with Gasteiger partial charge in [-0.1, -0.05) is 54.7 Å². The highest BCUT2D eigenvalue weighted by Crippen LogP contribution is 2.29. The zero-order chi connectivity index (χ0) is 14.2. The first-order valence-corrected chi connectivity index (χ1v) is 7.34. The van der Waals surface area contributed by atoms with Gasteiger partial charge in [0, 0.05) is 21.8 Å². The molecule has 1 aliphatic rings. The Kier molecular flexibility index (Phi) is 2.78. The maximum Gasteiger partial charge on any atom is 0.0467 e. The van der Waals surface area contributed by atoms with Crippen molar-refractivity contribution >= 4 is 21.8 Å². The maximum atomic E-state index is 4.16. The fourth-order valence-corrected chi connectivity index (χ4v) is 3.11. The van der Waals surface area contributed by atoms with Gasteiger partial charge in [0.2, 0.25) is 0 Å². The summed E-state index contributed by atoms with van der Waals surface area (Å²) in [4.78, 5) is 3.53. The Morgan fingerprint density at radius 2 is 1.81 bits per heavy atom. The van der Waals surface area contributed by atoms with Gasteiger partial charge in [0.15, 0.2) is 0 Å². The van der Waals surface area contributed by atoms with Crippen molar-refractivity contribution in [3.63, 3.8) is 0 Å². The Bertz CT molecular complexity index is 906. The highest BCUT2D eigenvalue weighted by molar-refractivity contribution is 6.07. The minimum absolute atomic E-state index is 0.920. The predicted octanol–water partition coefficient (Wildman–Crippen LogP) is 5.09. The fourth-order valence-electron chi connectivity index (χ4n) is 3.11. The second kappa shape index (κ2) is 4.78. The van der Waals surface area contributed by atoms with E-state index in [1.54, 1.807) is 0 Å². The monoisotopic (exact) mass is 271 g/mol. The smallest absolute Gasteiger partial charge is 0.0467 e. The third kappa shape index (κ3) is 2.11. The number of aromatic nitrogens is 1. The van der Waals surface area contributed by atoms with Crippen molar-refractivity contribution in [3.05, 3.63) is 84.0 Å². The van der Waals surface area contributed by atoms with Crippen LogP contribution in [0.25, 0.3) is 21.8 Å². The fraction of sp³-hybridized carbons (Fsp3) is 0.100. The van der Waals surface area contributed by atoms with Crippen molar-refractivity contribution in [1.82, 2.24) is 4.98 Å². The minimum atomic E-state index is 0.920. The summed E-state index contributed by atoms with van der Waals surface area (Å²) in [6.45, 7) is 4.16. The Labute approximate surface area is 124 Å². The molecule has 0 amide bonds. The number of H-pyrrole nitrogens is 1. The molecule has 0 aliphatic heterocycles. The second-order valence-corrected chi connectivity index (χ2v) is 5.66. The SMILES string of the molecule is C=C1/C=C\C=C/Cc2cc3[nH]c4ccccc4c3cc2C1. The molecule has 4 rings (SSSR count). The molecule has 2 aromatic carbocycles. The van der Waals surface area contributed by atoms with Crippen LogP contribution in [0.5, 0.6) is 0 Å². The van der Waals surface area contributed by atoms with Crippen LogP contribution in [0.1, 0.15) is 11.1 Å². The number of hydrogen-bond acceptors (Lipinski definition) is 0. The highest BCUT2D eigenvalue weighted by atomic mass is 14.7. The van der Waals surface area contributed by atoms with Crippen LogP contribution in [0.15, 0.2) is 72.9 Å². The molecule has 0 saturated heterocycles. The van der Waals surface area contributed by atoms with Crippen molar-refractivity contribution in [2.45, 2.75) is 12.8 Å². The van der Waals surface area contributed by atoms with Gasteiger partial charge in [-0.3, -0.25) is 0 Å². The Morgan fingerprint density at radius 3 is 2.76 bits per heavy atom. The van der Waals surface area contributed by atoms with Crippen molar-refractivity contribution in [2.75, 3.05) is 0 Å². The molecule has 102 valence electrons. The van der Waals surface area contributed by atoms with Gasteiger partial charge in [-0.05, 0) is 42.2 Å². The molecule has 1 heteroatoms. The molecule has 1 heterocycles. The number of allylic oxidation sites excluding steroid dienone is 5. The molecule has 1 N–H and O–H groups in total. The van der Waals surface area contributed by atoms with Crippen molar-refractivity contribution in [3.8, 4) is 0 Å². The molecule has 0 spiro atoms. The molecule has 0 saturated carbocycles. The molecule has 0 bridgehead atoms. The lowest BCUT2D eigenvalue weighted by Gasteiger charge is -2.08. The zero-order valence-corrected chi connectivity index (χ0v) is 11.9. The number of rotatable bonds is 0. The van der Waals surface area contributed by atoms with E-state index < -0.39 is 0 Å². The Balaban J connectivity index is 1.98. The highest BCUT2D eigenvalue weighted by Gasteiger charge is 2.10. The topological polar surface area (TPSA) is 15.8 Å². The standard InChI is InChI=1S/C20H17N/c1-14-7-3-2-4-8-15-13-20-18(12-16(15)11-14)17-9-5-6-10-19(17)21-20/h2-7,9-10,12-13,21H,1,8,11H2/b4-2-,7-3-. The molecule has 1 aliphatic carbocycles. The molecular weight excluding hydrogens is 254 g/mol. The summed E-state index contributed by atoms with van der Waals surface area (Å²) in [5.74, 6) is 0. The Morgan fingerprint density at radius 1 is 0.905 bits per heavy atom. The molecule has 1 aromatic heterocycles. The molecular formula is C20H17N. The van der Waals surface area contributed by atoms with Crippen LogP contribution in [0.4, 0.5) is 0 Å². The summed E-state index contributed by atoms with van der Waals surface area (Å²) >= 11 is 0. The number of benzene rings is 2. The summed E-state index contributed by atoms with van der Waals surface area (Å²) in [6, 6.07) is 13.1. The molecule has 0 unspecified atom stereocenters. The number of hydrogen-bond donors (Lipinski definition) is 1. The van der Waals surface area contributed by atoms with E-state index in [1.165, 1.54) is 32.9 Å². The molecule has 0 atom stereocenters. The van der Waals surface area contributed by atoms with Gasteiger partial charge in [0.05, 0.1) is 0 Å². The second-order valence-electron chi connectivity index (χ2n) is 5.66. The largest absolute Gasteiger partial charge is 0.355 e. The van der Waals surface area contributed by atoms with Crippen LogP contribution >= 0.6 is 0 Å². The molecule has 0 radical (unpaired) electrons. The summed E-state index contributed by atoms with van der Waals surface area (Å²) in [7, 11) is 0. The van der Waals surface area contributed by atoms with Gasteiger partial charge in [-0.2, -0.15) is 0 Å². The number of para-hydroxylation sites is 1. The van der Waals surface area contributed by atoms with E-state index in [2.05, 4.69) is 72.3 Å². The number of fused-ring (bicyclic) bond motifs is 4. The maximum absolute atomic E-state index is 4.16. The van der Waals surface area contributed by atoms with Gasteiger partial charge in [0.1, 0.15) is 0 Å². The van der Waals surface area contributed by atoms with E-state index in [0.717, 1.165) is 18.4 Å². The molecule has 1 nitrogen and oxygen atoms in total. The number of aromatic amines is 1. The van der Waals surface area contributed by atoms with Gasteiger partial charge in [-0.25, -0.2) is 0 Å². The van der Waals surface area contributed by atoms with Gasteiger partial charge in [-0.15, -0.1) is 0 Å². The van der Waals surface area contributed by atoms with Crippen LogP contribution < -0.4 is 0 Å². The third-order valence-corrected chi connectivity index (χ3v) is 4.16. The zero-order valence-electron chi connectivity index (χ0n) is 11.9. The van der Waals surface area contributed by atoms with E-state index in [9.17, 15) is 0 Å². The normalized spacial score (nSPS) is 18.0. The predicted molar refractivity (Wildman–Crippen MR) is 90.6 cm³/mol. The molecule has 3 aromatic rings. The first kappa shape index (κ1) is 12.2. The summed E-state index contributed by atoms with van der Waals surface area (Å²) < 4.78 is 0. The van der Waals surface area contributed by atoms with E-state index in [1.807, 2.05) is 0 Å². The van der Waals surface area contributed by atoms with Crippen LogP contribution in [-0.2, 0) is 12.8 Å². The lowest BCUT2D eigenvalue weighted by atomic mass is 9.96. The summed E-state index contributed by atoms with van der Waals surface area (Å²) in [6.07, 6.45) is 10.4. The van der Waals surface area contributed by atoms with Gasteiger partial charge in [0.25, 0.3) is 0 Å². The average Bonchev–Trinajstić information content (AvgIpc) is 2.87. The van der Waals surface area contributed by atoms with Crippen molar-refractivity contribution in [1.29, 1.82) is 0 Å².